The first-order valence-corrected chi connectivity index (χ1v) is 6.50. The van der Waals surface area contributed by atoms with Crippen LogP contribution in [-0.4, -0.2) is 48.5 Å². The lowest BCUT2D eigenvalue weighted by molar-refractivity contribution is -0.150. The maximum atomic E-state index is 13.2. The molecule has 6 heteroatoms. The van der Waals surface area contributed by atoms with Gasteiger partial charge in [0.1, 0.15) is 0 Å². The van der Waals surface area contributed by atoms with Gasteiger partial charge in [0.15, 0.2) is 0 Å². The number of hydrogen-bond donors (Lipinski definition) is 1. The predicted molar refractivity (Wildman–Crippen MR) is 61.2 cm³/mol. The van der Waals surface area contributed by atoms with Crippen LogP contribution in [0, 0.1) is 0 Å². The molecule has 0 amide bonds. The highest BCUT2D eigenvalue weighted by Crippen LogP contribution is 2.34. The molecule has 0 aromatic heterocycles. The molecule has 2 nitrogen and oxygen atoms in total. The van der Waals surface area contributed by atoms with E-state index in [0.29, 0.717) is 13.1 Å². The Morgan fingerprint density at radius 2 is 1.94 bits per heavy atom. The third-order valence-electron chi connectivity index (χ3n) is 4.20. The highest BCUT2D eigenvalue weighted by atomic mass is 19.3. The molecule has 1 aliphatic heterocycles. The number of hydrogen-bond acceptors (Lipinski definition) is 2. The molecule has 1 N–H and O–H groups in total. The molecule has 2 rings (SSSR count). The van der Waals surface area contributed by atoms with Crippen LogP contribution in [0.2, 0.25) is 0 Å². The minimum atomic E-state index is -3.91. The molecule has 1 heterocycles. The second-order valence-corrected chi connectivity index (χ2v) is 5.68. The number of alkyl halides is 4. The summed E-state index contributed by atoms with van der Waals surface area (Å²) in [4.78, 5) is 1.52. The Morgan fingerprint density at radius 3 is 2.50 bits per heavy atom. The zero-order valence-electron chi connectivity index (χ0n) is 10.6. The van der Waals surface area contributed by atoms with E-state index in [1.54, 1.807) is 6.92 Å². The second-order valence-electron chi connectivity index (χ2n) is 5.68. The van der Waals surface area contributed by atoms with E-state index in [-0.39, 0.29) is 11.6 Å². The Labute approximate surface area is 105 Å². The van der Waals surface area contributed by atoms with Gasteiger partial charge in [0.25, 0.3) is 0 Å². The molecule has 18 heavy (non-hydrogen) atoms. The van der Waals surface area contributed by atoms with Gasteiger partial charge in [-0.15, -0.1) is 0 Å². The first kappa shape index (κ1) is 14.1. The molecule has 2 aliphatic rings. The smallest absolute Gasteiger partial charge is 0.308 e. The number of piperazine rings is 1. The summed E-state index contributed by atoms with van der Waals surface area (Å²) in [6, 6.07) is -0.124. The first-order valence-electron chi connectivity index (χ1n) is 6.50. The van der Waals surface area contributed by atoms with E-state index in [2.05, 4.69) is 5.32 Å². The predicted octanol–water partition coefficient (Wildman–Crippen LogP) is 2.49. The minimum Gasteiger partial charge on any atom is -0.308 e. The molecule has 1 saturated carbocycles. The van der Waals surface area contributed by atoms with Crippen molar-refractivity contribution in [2.45, 2.75) is 56.5 Å². The van der Waals surface area contributed by atoms with E-state index in [9.17, 15) is 17.6 Å². The first-order chi connectivity index (χ1) is 8.35. The minimum absolute atomic E-state index is 0.120. The Morgan fingerprint density at radius 1 is 1.33 bits per heavy atom. The lowest BCUT2D eigenvalue weighted by Crippen LogP contribution is -2.64. The average molecular weight is 268 g/mol. The summed E-state index contributed by atoms with van der Waals surface area (Å²) in [6.45, 7) is 2.02. The molecule has 1 spiro atoms. The summed E-state index contributed by atoms with van der Waals surface area (Å²) in [7, 11) is 0. The summed E-state index contributed by atoms with van der Waals surface area (Å²) in [5.74, 6) is -3.91. The maximum absolute atomic E-state index is 13.2. The van der Waals surface area contributed by atoms with Gasteiger partial charge >= 0.3 is 12.3 Å². The van der Waals surface area contributed by atoms with Crippen LogP contribution in [0.5, 0.6) is 0 Å². The summed E-state index contributed by atoms with van der Waals surface area (Å²) in [5.41, 5.74) is -0.120. The van der Waals surface area contributed by atoms with Crippen molar-refractivity contribution in [3.8, 4) is 0 Å². The molecule has 1 unspecified atom stereocenters. The molecule has 2 fully saturated rings. The monoisotopic (exact) mass is 268 g/mol. The molecule has 0 radical (unpaired) electrons. The highest BCUT2D eigenvalue weighted by molar-refractivity contribution is 5.01. The van der Waals surface area contributed by atoms with Crippen molar-refractivity contribution in [2.75, 3.05) is 19.6 Å². The van der Waals surface area contributed by atoms with E-state index < -0.39 is 18.9 Å². The standard InChI is InChI=1S/C12H20F4N2/c1-9-6-17-11(4-2-3-5-11)7-18(9)8-12(15,16)10(13)14/h9-10,17H,2-8H2,1H3. The molecule has 1 saturated heterocycles. The van der Waals surface area contributed by atoms with Crippen LogP contribution in [0.4, 0.5) is 17.6 Å². The third-order valence-corrected chi connectivity index (χ3v) is 4.20. The van der Waals surface area contributed by atoms with Crippen molar-refractivity contribution in [1.82, 2.24) is 10.2 Å². The molecule has 0 aromatic rings. The van der Waals surface area contributed by atoms with Crippen LogP contribution in [-0.2, 0) is 0 Å². The van der Waals surface area contributed by atoms with Crippen molar-refractivity contribution < 1.29 is 17.6 Å². The number of nitrogens with one attached hydrogen (secondary N) is 1. The lowest BCUT2D eigenvalue weighted by Gasteiger charge is -2.46. The van der Waals surface area contributed by atoms with E-state index in [0.717, 1.165) is 25.7 Å². The summed E-state index contributed by atoms with van der Waals surface area (Å²) in [6.07, 6.45) is 0.493. The van der Waals surface area contributed by atoms with E-state index in [1.807, 2.05) is 0 Å². The van der Waals surface area contributed by atoms with E-state index >= 15 is 0 Å². The van der Waals surface area contributed by atoms with Crippen LogP contribution in [0.25, 0.3) is 0 Å². The molecule has 0 bridgehead atoms. The SMILES string of the molecule is CC1CNC2(CCCC2)CN1CC(F)(F)C(F)F. The Hall–Kier alpha value is -0.360. The van der Waals surface area contributed by atoms with Gasteiger partial charge in [-0.3, -0.25) is 4.90 Å². The van der Waals surface area contributed by atoms with Crippen molar-refractivity contribution in [3.63, 3.8) is 0 Å². The highest BCUT2D eigenvalue weighted by Gasteiger charge is 2.47. The van der Waals surface area contributed by atoms with Gasteiger partial charge in [0.05, 0.1) is 6.54 Å². The zero-order chi connectivity index (χ0) is 13.4. The van der Waals surface area contributed by atoms with Gasteiger partial charge in [-0.25, -0.2) is 8.78 Å². The largest absolute Gasteiger partial charge is 0.319 e. The van der Waals surface area contributed by atoms with Gasteiger partial charge in [-0.2, -0.15) is 8.78 Å². The third kappa shape index (κ3) is 2.79. The summed E-state index contributed by atoms with van der Waals surface area (Å²) >= 11 is 0. The molecule has 1 atom stereocenters. The van der Waals surface area contributed by atoms with Crippen LogP contribution in [0.1, 0.15) is 32.6 Å². The topological polar surface area (TPSA) is 15.3 Å². The van der Waals surface area contributed by atoms with Gasteiger partial charge in [0, 0.05) is 24.7 Å². The van der Waals surface area contributed by atoms with Gasteiger partial charge in [-0.1, -0.05) is 12.8 Å². The number of rotatable bonds is 3. The van der Waals surface area contributed by atoms with Crippen molar-refractivity contribution >= 4 is 0 Å². The van der Waals surface area contributed by atoms with Gasteiger partial charge in [0.2, 0.25) is 0 Å². The van der Waals surface area contributed by atoms with Crippen LogP contribution < -0.4 is 5.32 Å². The molecular weight excluding hydrogens is 248 g/mol. The lowest BCUT2D eigenvalue weighted by atomic mass is 9.92. The number of halogens is 4. The van der Waals surface area contributed by atoms with E-state index in [1.165, 1.54) is 4.90 Å². The fourth-order valence-corrected chi connectivity index (χ4v) is 3.03. The molecule has 1 aliphatic carbocycles. The van der Waals surface area contributed by atoms with Crippen LogP contribution in [0.3, 0.4) is 0 Å². The fourth-order valence-electron chi connectivity index (χ4n) is 3.03. The molecular formula is C12H20F4N2. The van der Waals surface area contributed by atoms with Crippen LogP contribution in [0.15, 0.2) is 0 Å². The maximum Gasteiger partial charge on any atom is 0.319 e. The zero-order valence-corrected chi connectivity index (χ0v) is 10.6. The Bertz CT molecular complexity index is 288. The summed E-state index contributed by atoms with van der Waals surface area (Å²) in [5, 5.41) is 3.42. The quantitative estimate of drug-likeness (QED) is 0.791. The van der Waals surface area contributed by atoms with Crippen molar-refractivity contribution in [1.29, 1.82) is 0 Å². The van der Waals surface area contributed by atoms with Crippen molar-refractivity contribution in [3.05, 3.63) is 0 Å². The average Bonchev–Trinajstić information content (AvgIpc) is 2.72. The normalized spacial score (nSPS) is 29.3. The van der Waals surface area contributed by atoms with Crippen LogP contribution >= 0.6 is 0 Å². The fraction of sp³-hybridized carbons (Fsp3) is 1.00. The second kappa shape index (κ2) is 4.96. The van der Waals surface area contributed by atoms with Crippen molar-refractivity contribution in [2.24, 2.45) is 0 Å². The van der Waals surface area contributed by atoms with Gasteiger partial charge in [-0.05, 0) is 19.8 Å². The van der Waals surface area contributed by atoms with E-state index in [4.69, 9.17) is 0 Å². The number of nitrogens with zero attached hydrogens (tertiary/aromatic N) is 1. The summed E-state index contributed by atoms with van der Waals surface area (Å²) < 4.78 is 50.9. The Balaban J connectivity index is 2.02. The molecule has 106 valence electrons. The molecule has 0 aromatic carbocycles. The van der Waals surface area contributed by atoms with Gasteiger partial charge < -0.3 is 5.32 Å². The Kier molecular flexibility index (Phi) is 3.88.